The van der Waals surface area contributed by atoms with Crippen LogP contribution in [0, 0.1) is 10.1 Å². The van der Waals surface area contributed by atoms with Crippen LogP contribution in [0.2, 0.25) is 5.02 Å². The van der Waals surface area contributed by atoms with Crippen LogP contribution in [0.5, 0.6) is 0 Å². The maximum atomic E-state index is 12.7. The first-order valence-electron chi connectivity index (χ1n) is 8.20. The van der Waals surface area contributed by atoms with Crippen molar-refractivity contribution >= 4 is 40.6 Å². The number of nitro benzene ring substituents is 1. The molecule has 1 aliphatic heterocycles. The molecule has 0 bridgehead atoms. The van der Waals surface area contributed by atoms with Crippen molar-refractivity contribution in [1.29, 1.82) is 0 Å². The molecule has 0 unspecified atom stereocenters. The molecule has 0 radical (unpaired) electrons. The van der Waals surface area contributed by atoms with Gasteiger partial charge in [-0.3, -0.25) is 10.1 Å². The molecule has 0 aromatic heterocycles. The molecule has 1 aromatic carbocycles. The summed E-state index contributed by atoms with van der Waals surface area (Å²) in [5, 5.41) is 14.7. The van der Waals surface area contributed by atoms with Crippen molar-refractivity contribution in [3.8, 4) is 0 Å². The number of nitro groups is 1. The number of hydrogen-bond donors (Lipinski definition) is 1. The number of carbonyl (C=O) groups excluding carboxylic acids is 1. The van der Waals surface area contributed by atoms with Gasteiger partial charge in [-0.15, -0.1) is 0 Å². The van der Waals surface area contributed by atoms with E-state index >= 15 is 0 Å². The van der Waals surface area contributed by atoms with E-state index in [1.807, 2.05) is 6.92 Å². The Balaban J connectivity index is 2.50. The highest BCUT2D eigenvalue weighted by atomic mass is 35.5. The monoisotopic (exact) mass is 413 g/mol. The van der Waals surface area contributed by atoms with Crippen LogP contribution in [0.15, 0.2) is 29.5 Å². The van der Waals surface area contributed by atoms with Crippen LogP contribution in [0.4, 0.5) is 5.69 Å². The number of carbonyl (C=O) groups is 1. The Hall–Kier alpha value is -2.23. The molecule has 1 N–H and O–H groups in total. The average molecular weight is 414 g/mol. The molecular formula is C17H20ClN3O5S. The highest BCUT2D eigenvalue weighted by Gasteiger charge is 2.35. The minimum absolute atomic E-state index is 0.0160. The third-order valence-corrected chi connectivity index (χ3v) is 4.81. The van der Waals surface area contributed by atoms with Gasteiger partial charge >= 0.3 is 5.97 Å². The van der Waals surface area contributed by atoms with E-state index in [4.69, 9.17) is 33.3 Å². The van der Waals surface area contributed by atoms with Crippen LogP contribution in [0.25, 0.3) is 0 Å². The van der Waals surface area contributed by atoms with Crippen LogP contribution < -0.4 is 5.32 Å². The standard InChI is InChI=1S/C17H20ClN3O5S/c1-4-20-10(2)14(16(22)26-8-7-25-3)15(19-17(20)27)11-5-6-12(18)13(9-11)21(23)24/h5-6,9,15H,4,7-8H2,1-3H3,(H,19,27)/t15-/m0/s1. The Morgan fingerprint density at radius 2 is 2.15 bits per heavy atom. The van der Waals surface area contributed by atoms with Crippen molar-refractivity contribution in [2.45, 2.75) is 19.9 Å². The SMILES string of the molecule is CCN1C(=S)N[C@@H](c2ccc(Cl)c([N+](=O)[O-])c2)C(C(=O)OCCOC)=C1C. The molecule has 0 fully saturated rings. The average Bonchev–Trinajstić information content (AvgIpc) is 2.61. The smallest absolute Gasteiger partial charge is 0.338 e. The first-order chi connectivity index (χ1) is 12.8. The lowest BCUT2D eigenvalue weighted by Gasteiger charge is -2.37. The normalized spacial score (nSPS) is 17.0. The number of esters is 1. The number of nitrogens with zero attached hydrogens (tertiary/aromatic N) is 2. The summed E-state index contributed by atoms with van der Waals surface area (Å²) < 4.78 is 10.2. The second-order valence-electron chi connectivity index (χ2n) is 5.72. The quantitative estimate of drug-likeness (QED) is 0.240. The molecule has 146 valence electrons. The zero-order valence-corrected chi connectivity index (χ0v) is 16.7. The Labute approximate surface area is 167 Å². The minimum Gasteiger partial charge on any atom is -0.460 e. The fourth-order valence-corrected chi connectivity index (χ4v) is 3.39. The fourth-order valence-electron chi connectivity index (χ4n) is 2.82. The number of nitrogens with one attached hydrogen (secondary N) is 1. The molecule has 0 saturated carbocycles. The van der Waals surface area contributed by atoms with Gasteiger partial charge in [-0.2, -0.15) is 0 Å². The van der Waals surface area contributed by atoms with Gasteiger partial charge in [0.25, 0.3) is 5.69 Å². The molecule has 0 aliphatic carbocycles. The molecule has 1 aromatic rings. The third kappa shape index (κ3) is 4.55. The number of allylic oxidation sites excluding steroid dienone is 1. The van der Waals surface area contributed by atoms with Gasteiger partial charge < -0.3 is 19.7 Å². The molecule has 27 heavy (non-hydrogen) atoms. The van der Waals surface area contributed by atoms with Gasteiger partial charge in [0.1, 0.15) is 11.6 Å². The van der Waals surface area contributed by atoms with Gasteiger partial charge in [-0.25, -0.2) is 4.79 Å². The lowest BCUT2D eigenvalue weighted by molar-refractivity contribution is -0.384. The number of halogens is 1. The van der Waals surface area contributed by atoms with Crippen molar-refractivity contribution < 1.29 is 19.2 Å². The minimum atomic E-state index is -0.689. The van der Waals surface area contributed by atoms with E-state index in [2.05, 4.69) is 5.32 Å². The van der Waals surface area contributed by atoms with Crippen molar-refractivity contribution in [1.82, 2.24) is 10.2 Å². The van der Waals surface area contributed by atoms with Gasteiger partial charge in [0.2, 0.25) is 0 Å². The molecule has 0 saturated heterocycles. The number of hydrogen-bond acceptors (Lipinski definition) is 6. The molecule has 0 spiro atoms. The molecule has 1 atom stereocenters. The molecule has 1 aliphatic rings. The summed E-state index contributed by atoms with van der Waals surface area (Å²) in [6.07, 6.45) is 0. The third-order valence-electron chi connectivity index (χ3n) is 4.15. The predicted molar refractivity (Wildman–Crippen MR) is 104 cm³/mol. The van der Waals surface area contributed by atoms with E-state index in [1.54, 1.807) is 17.9 Å². The second-order valence-corrected chi connectivity index (χ2v) is 6.52. The number of thiocarbonyl (C=S) groups is 1. The van der Waals surface area contributed by atoms with Crippen molar-refractivity contribution in [3.05, 3.63) is 50.2 Å². The molecular weight excluding hydrogens is 394 g/mol. The summed E-state index contributed by atoms with van der Waals surface area (Å²) in [5.74, 6) is -0.541. The maximum Gasteiger partial charge on any atom is 0.338 e. The fraction of sp³-hybridized carbons (Fsp3) is 0.412. The van der Waals surface area contributed by atoms with E-state index in [-0.39, 0.29) is 23.9 Å². The Kier molecular flexibility index (Phi) is 7.11. The lowest BCUT2D eigenvalue weighted by Crippen LogP contribution is -2.47. The summed E-state index contributed by atoms with van der Waals surface area (Å²) in [4.78, 5) is 25.1. The largest absolute Gasteiger partial charge is 0.460 e. The number of methoxy groups -OCH3 is 1. The first-order valence-corrected chi connectivity index (χ1v) is 8.99. The van der Waals surface area contributed by atoms with Crippen molar-refractivity contribution in [3.63, 3.8) is 0 Å². The van der Waals surface area contributed by atoms with E-state index in [9.17, 15) is 14.9 Å². The summed E-state index contributed by atoms with van der Waals surface area (Å²) in [6.45, 7) is 4.58. The van der Waals surface area contributed by atoms with Gasteiger partial charge in [0, 0.05) is 25.4 Å². The zero-order chi connectivity index (χ0) is 20.1. The Morgan fingerprint density at radius 3 is 2.74 bits per heavy atom. The summed E-state index contributed by atoms with van der Waals surface area (Å²) in [5.41, 5.74) is 1.20. The van der Waals surface area contributed by atoms with Crippen LogP contribution in [-0.4, -0.2) is 47.8 Å². The van der Waals surface area contributed by atoms with Crippen molar-refractivity contribution in [2.24, 2.45) is 0 Å². The summed E-state index contributed by atoms with van der Waals surface area (Å²) in [6, 6.07) is 3.69. The topological polar surface area (TPSA) is 93.9 Å². The first kappa shape index (κ1) is 21.1. The van der Waals surface area contributed by atoms with E-state index in [1.165, 1.54) is 19.2 Å². The Morgan fingerprint density at radius 1 is 1.44 bits per heavy atom. The van der Waals surface area contributed by atoms with Gasteiger partial charge in [0.05, 0.1) is 23.1 Å². The van der Waals surface area contributed by atoms with Crippen LogP contribution in [-0.2, 0) is 14.3 Å². The maximum absolute atomic E-state index is 12.7. The van der Waals surface area contributed by atoms with Gasteiger partial charge in [-0.1, -0.05) is 17.7 Å². The number of rotatable bonds is 7. The Bertz CT molecular complexity index is 799. The van der Waals surface area contributed by atoms with Crippen LogP contribution >= 0.6 is 23.8 Å². The molecule has 0 amide bonds. The molecule has 2 rings (SSSR count). The van der Waals surface area contributed by atoms with E-state index < -0.39 is 16.9 Å². The van der Waals surface area contributed by atoms with E-state index in [0.717, 1.165) is 0 Å². The molecule has 8 nitrogen and oxygen atoms in total. The molecule has 1 heterocycles. The van der Waals surface area contributed by atoms with Crippen LogP contribution in [0.1, 0.15) is 25.5 Å². The predicted octanol–water partition coefficient (Wildman–Crippen LogP) is 2.96. The number of benzene rings is 1. The highest BCUT2D eigenvalue weighted by Crippen LogP contribution is 2.35. The van der Waals surface area contributed by atoms with Crippen LogP contribution in [0.3, 0.4) is 0 Å². The highest BCUT2D eigenvalue weighted by molar-refractivity contribution is 7.80. The zero-order valence-electron chi connectivity index (χ0n) is 15.2. The second kappa shape index (κ2) is 9.12. The summed E-state index contributed by atoms with van der Waals surface area (Å²) >= 11 is 11.3. The van der Waals surface area contributed by atoms with Crippen molar-refractivity contribution in [2.75, 3.05) is 26.9 Å². The number of ether oxygens (including phenoxy) is 2. The summed E-state index contributed by atoms with van der Waals surface area (Å²) in [7, 11) is 1.51. The molecule has 10 heteroatoms. The van der Waals surface area contributed by atoms with E-state index in [0.29, 0.717) is 28.5 Å². The van der Waals surface area contributed by atoms with Gasteiger partial charge in [-0.05, 0) is 37.7 Å². The lowest BCUT2D eigenvalue weighted by atomic mass is 9.94. The van der Waals surface area contributed by atoms with Gasteiger partial charge in [0.15, 0.2) is 5.11 Å².